The molecule has 8 heteroatoms. The predicted octanol–water partition coefficient (Wildman–Crippen LogP) is 6.25. The molecular weight excluding hydrogens is 506 g/mol. The lowest BCUT2D eigenvalue weighted by Gasteiger charge is -2.41. The summed E-state index contributed by atoms with van der Waals surface area (Å²) >= 11 is 5.93. The molecule has 1 saturated heterocycles. The number of allylic oxidation sites excluding steroid dienone is 1. The molecule has 0 bridgehead atoms. The van der Waals surface area contributed by atoms with E-state index >= 15 is 0 Å². The van der Waals surface area contributed by atoms with Crippen molar-refractivity contribution in [1.29, 1.82) is 0 Å². The van der Waals surface area contributed by atoms with Gasteiger partial charge in [-0.1, -0.05) is 25.1 Å². The first-order valence-corrected chi connectivity index (χ1v) is 13.6. The number of hydrogen-bond donors (Lipinski definition) is 2. The van der Waals surface area contributed by atoms with Crippen molar-refractivity contribution in [3.05, 3.63) is 83.7 Å². The zero-order chi connectivity index (χ0) is 27.9. The van der Waals surface area contributed by atoms with Crippen LogP contribution < -0.4 is 25.2 Å². The molecule has 2 aliphatic heterocycles. The third kappa shape index (κ3) is 4.85. The molecule has 0 unspecified atom stereocenters. The van der Waals surface area contributed by atoms with E-state index in [1.54, 1.807) is 7.11 Å². The van der Waals surface area contributed by atoms with E-state index in [-0.39, 0.29) is 23.5 Å². The number of nitrogens with zero attached hydrogens (tertiary/aromatic N) is 3. The number of amides is 1. The van der Waals surface area contributed by atoms with Crippen molar-refractivity contribution < 1.29 is 9.53 Å². The molecule has 3 aromatic rings. The fourth-order valence-corrected chi connectivity index (χ4v) is 5.85. The van der Waals surface area contributed by atoms with E-state index in [2.05, 4.69) is 77.5 Å². The standard InChI is InChI=1S/C31H35N5O2S/c1-7-27(37)33-23-13-12-21(17-26(23)38-6)36-29(28(34-30(36)39)24-10-8-9-15-32-24)20-11-14-25-22(16-20)19(2)18-31(3,4)35(25)5/h8-18,28-29H,7H2,1-6H3,(H,33,37)(H,34,39)/t28-,29-/m1/s1. The Morgan fingerprint density at radius 3 is 2.67 bits per heavy atom. The molecule has 0 aliphatic carbocycles. The first-order valence-electron chi connectivity index (χ1n) is 13.2. The van der Waals surface area contributed by atoms with Crippen LogP contribution in [0.3, 0.4) is 0 Å². The monoisotopic (exact) mass is 541 g/mol. The van der Waals surface area contributed by atoms with Gasteiger partial charge in [0, 0.05) is 42.7 Å². The number of aromatic nitrogens is 1. The summed E-state index contributed by atoms with van der Waals surface area (Å²) < 4.78 is 5.67. The number of nitrogens with one attached hydrogen (secondary N) is 2. The van der Waals surface area contributed by atoms with Gasteiger partial charge in [0.05, 0.1) is 36.1 Å². The summed E-state index contributed by atoms with van der Waals surface area (Å²) in [5.41, 5.74) is 7.13. The maximum atomic E-state index is 12.1. The largest absolute Gasteiger partial charge is 0.494 e. The highest BCUT2D eigenvalue weighted by atomic mass is 32.1. The van der Waals surface area contributed by atoms with Crippen LogP contribution in [0.1, 0.15) is 63.0 Å². The third-order valence-electron chi connectivity index (χ3n) is 7.74. The fourth-order valence-electron chi connectivity index (χ4n) is 5.50. The maximum absolute atomic E-state index is 12.1. The molecular formula is C31H35N5O2S. The molecule has 2 aliphatic rings. The quantitative estimate of drug-likeness (QED) is 0.358. The molecule has 2 atom stereocenters. The van der Waals surface area contributed by atoms with Crippen molar-refractivity contribution in [2.75, 3.05) is 29.3 Å². The van der Waals surface area contributed by atoms with Crippen LogP contribution in [0.2, 0.25) is 0 Å². The number of carbonyl (C=O) groups excluding carboxylic acids is 1. The number of carbonyl (C=O) groups is 1. The van der Waals surface area contributed by atoms with Crippen molar-refractivity contribution >= 4 is 45.9 Å². The molecule has 0 spiro atoms. The summed E-state index contributed by atoms with van der Waals surface area (Å²) in [7, 11) is 3.74. The Morgan fingerprint density at radius 1 is 1.18 bits per heavy atom. The van der Waals surface area contributed by atoms with Gasteiger partial charge in [0.1, 0.15) is 5.75 Å². The van der Waals surface area contributed by atoms with Crippen molar-refractivity contribution in [2.45, 2.75) is 51.7 Å². The first-order chi connectivity index (χ1) is 18.6. The van der Waals surface area contributed by atoms with Crippen molar-refractivity contribution in [3.8, 4) is 5.75 Å². The van der Waals surface area contributed by atoms with Crippen molar-refractivity contribution in [1.82, 2.24) is 10.3 Å². The van der Waals surface area contributed by atoms with Crippen LogP contribution in [0.25, 0.3) is 5.57 Å². The molecule has 0 radical (unpaired) electrons. The molecule has 7 nitrogen and oxygen atoms in total. The van der Waals surface area contributed by atoms with Gasteiger partial charge in [-0.05, 0) is 80.5 Å². The van der Waals surface area contributed by atoms with Gasteiger partial charge in [-0.15, -0.1) is 0 Å². The molecule has 202 valence electrons. The normalized spacial score (nSPS) is 19.7. The second kappa shape index (κ2) is 10.3. The van der Waals surface area contributed by atoms with Crippen LogP contribution >= 0.6 is 12.2 Å². The van der Waals surface area contributed by atoms with E-state index in [1.165, 1.54) is 16.8 Å². The van der Waals surface area contributed by atoms with Crippen LogP contribution in [0.4, 0.5) is 17.1 Å². The minimum atomic E-state index is -0.163. The van der Waals surface area contributed by atoms with Gasteiger partial charge in [-0.25, -0.2) is 0 Å². The topological polar surface area (TPSA) is 69.7 Å². The van der Waals surface area contributed by atoms with Crippen LogP contribution in [0, 0.1) is 0 Å². The number of ether oxygens (including phenoxy) is 1. The van der Waals surface area contributed by atoms with E-state index in [1.807, 2.05) is 49.5 Å². The summed E-state index contributed by atoms with van der Waals surface area (Å²) in [5.74, 6) is 0.503. The third-order valence-corrected chi connectivity index (χ3v) is 8.05. The van der Waals surface area contributed by atoms with E-state index in [4.69, 9.17) is 17.0 Å². The highest BCUT2D eigenvalue weighted by Crippen LogP contribution is 2.46. The fraction of sp³-hybridized carbons (Fsp3) is 0.323. The Labute approximate surface area is 235 Å². The summed E-state index contributed by atoms with van der Waals surface area (Å²) in [6.45, 7) is 8.45. The average molecular weight is 542 g/mol. The Balaban J connectivity index is 1.63. The average Bonchev–Trinajstić information content (AvgIpc) is 3.28. The van der Waals surface area contributed by atoms with Gasteiger partial charge in [0.2, 0.25) is 5.91 Å². The number of anilines is 3. The van der Waals surface area contributed by atoms with Gasteiger partial charge in [-0.2, -0.15) is 0 Å². The van der Waals surface area contributed by atoms with E-state index < -0.39 is 0 Å². The van der Waals surface area contributed by atoms with E-state index in [9.17, 15) is 4.79 Å². The van der Waals surface area contributed by atoms with E-state index in [0.29, 0.717) is 23.0 Å². The molecule has 1 fully saturated rings. The lowest BCUT2D eigenvalue weighted by molar-refractivity contribution is -0.115. The Morgan fingerprint density at radius 2 is 1.97 bits per heavy atom. The summed E-state index contributed by atoms with van der Waals surface area (Å²) in [5, 5.41) is 7.05. The summed E-state index contributed by atoms with van der Waals surface area (Å²) in [6, 6.07) is 18.1. The number of rotatable bonds is 6. The summed E-state index contributed by atoms with van der Waals surface area (Å²) in [6.07, 6.45) is 4.51. The molecule has 1 amide bonds. The SMILES string of the molecule is CCC(=O)Nc1ccc(N2C(=S)N[C@H](c3ccccn3)[C@H]2c2ccc3c(c2)C(C)=CC(C)(C)N3C)cc1OC. The Hall–Kier alpha value is -3.91. The molecule has 0 saturated carbocycles. The lowest BCUT2D eigenvalue weighted by Crippen LogP contribution is -2.42. The summed E-state index contributed by atoms with van der Waals surface area (Å²) in [4.78, 5) is 21.2. The smallest absolute Gasteiger partial charge is 0.224 e. The molecule has 2 N–H and O–H groups in total. The van der Waals surface area contributed by atoms with Gasteiger partial charge in [-0.3, -0.25) is 9.78 Å². The Kier molecular flexibility index (Phi) is 7.07. The van der Waals surface area contributed by atoms with Crippen LogP contribution in [0.15, 0.2) is 66.9 Å². The number of pyridine rings is 1. The van der Waals surface area contributed by atoms with E-state index in [0.717, 1.165) is 16.9 Å². The zero-order valence-corrected chi connectivity index (χ0v) is 24.1. The van der Waals surface area contributed by atoms with Crippen LogP contribution in [-0.2, 0) is 4.79 Å². The first kappa shape index (κ1) is 26.7. The van der Waals surface area contributed by atoms with Crippen LogP contribution in [-0.4, -0.2) is 35.7 Å². The number of thiocarbonyl (C=S) groups is 1. The maximum Gasteiger partial charge on any atom is 0.224 e. The second-order valence-corrected chi connectivity index (χ2v) is 11.0. The molecule has 3 heterocycles. The number of likely N-dealkylation sites (N-methyl/N-ethyl adjacent to an activating group) is 1. The predicted molar refractivity (Wildman–Crippen MR) is 162 cm³/mol. The number of methoxy groups -OCH3 is 1. The molecule has 5 rings (SSSR count). The minimum Gasteiger partial charge on any atom is -0.494 e. The van der Waals surface area contributed by atoms with Gasteiger partial charge < -0.3 is 25.2 Å². The highest BCUT2D eigenvalue weighted by molar-refractivity contribution is 7.80. The van der Waals surface area contributed by atoms with Gasteiger partial charge in [0.25, 0.3) is 0 Å². The minimum absolute atomic E-state index is 0.0664. The molecule has 1 aromatic heterocycles. The zero-order valence-electron chi connectivity index (χ0n) is 23.3. The molecule has 39 heavy (non-hydrogen) atoms. The lowest BCUT2D eigenvalue weighted by atomic mass is 9.86. The number of hydrogen-bond acceptors (Lipinski definition) is 5. The second-order valence-electron chi connectivity index (χ2n) is 10.6. The Bertz CT molecular complexity index is 1450. The number of benzene rings is 2. The van der Waals surface area contributed by atoms with Gasteiger partial charge >= 0.3 is 0 Å². The highest BCUT2D eigenvalue weighted by Gasteiger charge is 2.41. The van der Waals surface area contributed by atoms with Crippen LogP contribution in [0.5, 0.6) is 5.75 Å². The molecule has 2 aromatic carbocycles. The van der Waals surface area contributed by atoms with Crippen molar-refractivity contribution in [2.24, 2.45) is 0 Å². The van der Waals surface area contributed by atoms with Gasteiger partial charge in [0.15, 0.2) is 5.11 Å². The van der Waals surface area contributed by atoms with Crippen molar-refractivity contribution in [3.63, 3.8) is 0 Å². The number of fused-ring (bicyclic) bond motifs is 1.